The maximum atomic E-state index is 13.0. The van der Waals surface area contributed by atoms with Crippen LogP contribution in [-0.2, 0) is 16.0 Å². The second-order valence-corrected chi connectivity index (χ2v) is 8.40. The van der Waals surface area contributed by atoms with Crippen molar-refractivity contribution in [3.8, 4) is 0 Å². The lowest BCUT2D eigenvalue weighted by Gasteiger charge is -2.29. The molecule has 0 fully saturated rings. The third-order valence-corrected chi connectivity index (χ3v) is 5.99. The van der Waals surface area contributed by atoms with Gasteiger partial charge in [0.15, 0.2) is 0 Å². The number of thioether (sulfide) groups is 1. The van der Waals surface area contributed by atoms with Crippen molar-refractivity contribution in [2.75, 3.05) is 12.3 Å². The fourth-order valence-corrected chi connectivity index (χ4v) is 3.81. The van der Waals surface area contributed by atoms with Gasteiger partial charge in [0.1, 0.15) is 6.04 Å². The lowest BCUT2D eigenvalue weighted by atomic mass is 10.1. The van der Waals surface area contributed by atoms with Crippen molar-refractivity contribution in [3.63, 3.8) is 0 Å². The van der Waals surface area contributed by atoms with Gasteiger partial charge in [-0.15, -0.1) is 11.8 Å². The van der Waals surface area contributed by atoms with Crippen LogP contribution in [0.5, 0.6) is 0 Å². The van der Waals surface area contributed by atoms with Crippen LogP contribution in [-0.4, -0.2) is 41.1 Å². The number of nitrogens with one attached hydrogen (secondary N) is 1. The van der Waals surface area contributed by atoms with E-state index < -0.39 is 6.04 Å². The number of nitrogens with zero attached hydrogens (tertiary/aromatic N) is 1. The summed E-state index contributed by atoms with van der Waals surface area (Å²) in [7, 11) is 0. The smallest absolute Gasteiger partial charge is 0.242 e. The molecular weight excluding hydrogens is 380 g/mol. The molecule has 0 radical (unpaired) electrons. The summed E-state index contributed by atoms with van der Waals surface area (Å²) in [4.78, 5) is 28.5. The highest BCUT2D eigenvalue weighted by molar-refractivity contribution is 7.99. The molecule has 2 aromatic carbocycles. The first kappa shape index (κ1) is 23.0. The van der Waals surface area contributed by atoms with Gasteiger partial charge in [-0.1, -0.05) is 55.5 Å². The Balaban J connectivity index is 1.99. The normalized spacial score (nSPS) is 12.8. The third kappa shape index (κ3) is 7.94. The summed E-state index contributed by atoms with van der Waals surface area (Å²) in [6, 6.07) is 19.8. The molecule has 2 aromatic rings. The van der Waals surface area contributed by atoms with Crippen LogP contribution in [0.2, 0.25) is 0 Å². The van der Waals surface area contributed by atoms with Gasteiger partial charge < -0.3 is 10.2 Å². The van der Waals surface area contributed by atoms with Crippen LogP contribution in [0.4, 0.5) is 0 Å². The zero-order chi connectivity index (χ0) is 21.1. The molecule has 0 aliphatic rings. The van der Waals surface area contributed by atoms with E-state index in [1.54, 1.807) is 16.7 Å². The van der Waals surface area contributed by atoms with Crippen LogP contribution in [0.15, 0.2) is 65.6 Å². The minimum absolute atomic E-state index is 0.0242. The molecule has 0 spiro atoms. The Morgan fingerprint density at radius 3 is 2.24 bits per heavy atom. The Labute approximate surface area is 179 Å². The number of carbonyl (C=O) groups excluding carboxylic acids is 2. The van der Waals surface area contributed by atoms with E-state index in [9.17, 15) is 9.59 Å². The second-order valence-electron chi connectivity index (χ2n) is 7.23. The van der Waals surface area contributed by atoms with Gasteiger partial charge in [0, 0.05) is 29.7 Å². The molecule has 2 atom stereocenters. The number of benzene rings is 2. The minimum Gasteiger partial charge on any atom is -0.352 e. The topological polar surface area (TPSA) is 49.4 Å². The molecule has 2 rings (SSSR count). The summed E-state index contributed by atoms with van der Waals surface area (Å²) in [6.07, 6.45) is 2.01. The van der Waals surface area contributed by atoms with E-state index in [2.05, 4.69) is 17.4 Å². The van der Waals surface area contributed by atoms with Crippen molar-refractivity contribution < 1.29 is 9.59 Å². The Bertz CT molecular complexity index is 752. The lowest BCUT2D eigenvalue weighted by Crippen LogP contribution is -2.50. The van der Waals surface area contributed by atoms with Gasteiger partial charge in [-0.05, 0) is 44.4 Å². The zero-order valence-corrected chi connectivity index (χ0v) is 18.5. The molecule has 0 unspecified atom stereocenters. The molecule has 29 heavy (non-hydrogen) atoms. The fourth-order valence-electron chi connectivity index (χ4n) is 2.95. The minimum atomic E-state index is -0.484. The summed E-state index contributed by atoms with van der Waals surface area (Å²) in [5, 5.41) is 3.01. The predicted molar refractivity (Wildman–Crippen MR) is 121 cm³/mol. The predicted octanol–water partition coefficient (Wildman–Crippen LogP) is 4.54. The van der Waals surface area contributed by atoms with E-state index >= 15 is 0 Å². The van der Waals surface area contributed by atoms with Crippen LogP contribution >= 0.6 is 11.8 Å². The van der Waals surface area contributed by atoms with E-state index in [4.69, 9.17) is 0 Å². The summed E-state index contributed by atoms with van der Waals surface area (Å²) in [5.41, 5.74) is 1.17. The first-order valence-electron chi connectivity index (χ1n) is 10.3. The second kappa shape index (κ2) is 12.3. The van der Waals surface area contributed by atoms with E-state index in [-0.39, 0.29) is 17.9 Å². The standard InChI is InChI=1S/C24H32N2O2S/c1-4-19(2)25-24(28)20(3)26(17-15-21-11-7-5-8-12-21)23(27)16-18-29-22-13-9-6-10-14-22/h5-14,19-20H,4,15-18H2,1-3H3,(H,25,28)/t19-,20+/m1/s1. The summed E-state index contributed by atoms with van der Waals surface area (Å²) in [6.45, 7) is 6.38. The quantitative estimate of drug-likeness (QED) is 0.551. The first-order valence-corrected chi connectivity index (χ1v) is 11.3. The highest BCUT2D eigenvalue weighted by atomic mass is 32.2. The summed E-state index contributed by atoms with van der Waals surface area (Å²) >= 11 is 1.67. The van der Waals surface area contributed by atoms with Gasteiger partial charge in [0.05, 0.1) is 0 Å². The van der Waals surface area contributed by atoms with Crippen molar-refractivity contribution in [2.45, 2.75) is 57.0 Å². The maximum absolute atomic E-state index is 13.0. The molecule has 0 aromatic heterocycles. The number of hydrogen-bond donors (Lipinski definition) is 1. The fraction of sp³-hybridized carbons (Fsp3) is 0.417. The molecule has 2 amide bonds. The highest BCUT2D eigenvalue weighted by Gasteiger charge is 2.26. The van der Waals surface area contributed by atoms with E-state index in [1.165, 1.54) is 5.56 Å². The molecule has 0 saturated carbocycles. The van der Waals surface area contributed by atoms with Crippen molar-refractivity contribution in [3.05, 3.63) is 66.2 Å². The number of hydrogen-bond acceptors (Lipinski definition) is 3. The van der Waals surface area contributed by atoms with Gasteiger partial charge in [-0.3, -0.25) is 9.59 Å². The Morgan fingerprint density at radius 2 is 1.62 bits per heavy atom. The zero-order valence-electron chi connectivity index (χ0n) is 17.6. The van der Waals surface area contributed by atoms with Crippen LogP contribution in [0.3, 0.4) is 0 Å². The SMILES string of the molecule is CC[C@@H](C)NC(=O)[C@H](C)N(CCc1ccccc1)C(=O)CCSc1ccccc1. The Morgan fingerprint density at radius 1 is 1.00 bits per heavy atom. The Kier molecular flexibility index (Phi) is 9.78. The molecule has 0 bridgehead atoms. The molecule has 0 saturated heterocycles. The highest BCUT2D eigenvalue weighted by Crippen LogP contribution is 2.19. The average Bonchev–Trinajstić information content (AvgIpc) is 2.75. The summed E-state index contributed by atoms with van der Waals surface area (Å²) < 4.78 is 0. The van der Waals surface area contributed by atoms with Gasteiger partial charge in [-0.25, -0.2) is 0 Å². The number of rotatable bonds is 11. The molecular formula is C24H32N2O2S. The van der Waals surface area contributed by atoms with Gasteiger partial charge >= 0.3 is 0 Å². The first-order chi connectivity index (χ1) is 14.0. The van der Waals surface area contributed by atoms with Crippen LogP contribution < -0.4 is 5.32 Å². The number of amides is 2. The number of carbonyl (C=O) groups is 2. The van der Waals surface area contributed by atoms with Crippen LogP contribution in [0, 0.1) is 0 Å². The van der Waals surface area contributed by atoms with Gasteiger partial charge in [0.25, 0.3) is 0 Å². The monoisotopic (exact) mass is 412 g/mol. The van der Waals surface area contributed by atoms with E-state index in [1.807, 2.05) is 69.3 Å². The molecule has 1 N–H and O–H groups in total. The van der Waals surface area contributed by atoms with Crippen LogP contribution in [0.25, 0.3) is 0 Å². The van der Waals surface area contributed by atoms with E-state index in [0.29, 0.717) is 18.7 Å². The van der Waals surface area contributed by atoms with Crippen molar-refractivity contribution in [2.24, 2.45) is 0 Å². The molecule has 0 aliphatic carbocycles. The maximum Gasteiger partial charge on any atom is 0.242 e. The molecule has 5 heteroatoms. The third-order valence-electron chi connectivity index (χ3n) is 4.98. The lowest BCUT2D eigenvalue weighted by molar-refractivity contribution is -0.139. The van der Waals surface area contributed by atoms with Gasteiger partial charge in [0.2, 0.25) is 11.8 Å². The summed E-state index contributed by atoms with van der Waals surface area (Å²) in [5.74, 6) is 0.636. The Hall–Kier alpha value is -2.27. The molecule has 0 heterocycles. The largest absolute Gasteiger partial charge is 0.352 e. The molecule has 156 valence electrons. The van der Waals surface area contributed by atoms with Crippen molar-refractivity contribution in [1.29, 1.82) is 0 Å². The van der Waals surface area contributed by atoms with Gasteiger partial charge in [-0.2, -0.15) is 0 Å². The molecule has 4 nitrogen and oxygen atoms in total. The van der Waals surface area contributed by atoms with Crippen molar-refractivity contribution in [1.82, 2.24) is 10.2 Å². The average molecular weight is 413 g/mol. The van der Waals surface area contributed by atoms with E-state index in [0.717, 1.165) is 17.7 Å². The van der Waals surface area contributed by atoms with Crippen molar-refractivity contribution >= 4 is 23.6 Å². The molecule has 0 aliphatic heterocycles. The van der Waals surface area contributed by atoms with Crippen LogP contribution in [0.1, 0.15) is 39.2 Å².